The van der Waals surface area contributed by atoms with Gasteiger partial charge in [0.2, 0.25) is 0 Å². The molecule has 2 aromatic rings. The van der Waals surface area contributed by atoms with Gasteiger partial charge in [0.15, 0.2) is 0 Å². The fourth-order valence-electron chi connectivity index (χ4n) is 5.07. The van der Waals surface area contributed by atoms with Crippen LogP contribution in [0.4, 0.5) is 0 Å². The molecule has 1 fully saturated rings. The van der Waals surface area contributed by atoms with Gasteiger partial charge in [-0.25, -0.2) is 4.68 Å². The van der Waals surface area contributed by atoms with Crippen molar-refractivity contribution < 1.29 is 14.3 Å². The summed E-state index contributed by atoms with van der Waals surface area (Å²) < 4.78 is 6.90. The van der Waals surface area contributed by atoms with Gasteiger partial charge in [0.25, 0.3) is 0 Å². The summed E-state index contributed by atoms with van der Waals surface area (Å²) in [4.78, 5) is 25.4. The fourth-order valence-corrected chi connectivity index (χ4v) is 5.07. The molecule has 1 aliphatic rings. The predicted molar refractivity (Wildman–Crippen MR) is 125 cm³/mol. The van der Waals surface area contributed by atoms with Gasteiger partial charge in [-0.05, 0) is 93.7 Å². The van der Waals surface area contributed by atoms with Crippen LogP contribution in [0.25, 0.3) is 0 Å². The molecule has 1 saturated carbocycles. The largest absolute Gasteiger partial charge is 0.469 e. The third-order valence-electron chi connectivity index (χ3n) is 7.69. The summed E-state index contributed by atoms with van der Waals surface area (Å²) >= 11 is 0. The SMILES string of the molecule is COC(=O)C[C@H](CC(=O)Cc1c(C)c(C)c(C)c(C)c1C)c1nnn(C2CC(C)C2)c1C. The Hall–Kier alpha value is -2.50. The van der Waals surface area contributed by atoms with Gasteiger partial charge >= 0.3 is 5.97 Å². The van der Waals surface area contributed by atoms with Gasteiger partial charge in [-0.3, -0.25) is 9.59 Å². The van der Waals surface area contributed by atoms with Gasteiger partial charge in [0.1, 0.15) is 5.78 Å². The number of rotatable bonds is 8. The van der Waals surface area contributed by atoms with E-state index in [9.17, 15) is 9.59 Å². The first-order valence-electron chi connectivity index (χ1n) is 11.6. The van der Waals surface area contributed by atoms with Crippen LogP contribution in [0.1, 0.15) is 89.3 Å². The number of nitrogens with zero attached hydrogens (tertiary/aromatic N) is 3. The van der Waals surface area contributed by atoms with Crippen molar-refractivity contribution in [1.29, 1.82) is 0 Å². The van der Waals surface area contributed by atoms with Crippen molar-refractivity contribution in [1.82, 2.24) is 15.0 Å². The second-order valence-corrected chi connectivity index (χ2v) is 9.74. The van der Waals surface area contributed by atoms with E-state index in [-0.39, 0.29) is 30.5 Å². The molecule has 174 valence electrons. The molecule has 6 nitrogen and oxygen atoms in total. The fraction of sp³-hybridized carbons (Fsp3) is 0.615. The molecule has 1 aromatic carbocycles. The molecule has 0 unspecified atom stereocenters. The van der Waals surface area contributed by atoms with Crippen molar-refractivity contribution in [3.63, 3.8) is 0 Å². The Morgan fingerprint density at radius 2 is 1.53 bits per heavy atom. The molecule has 1 heterocycles. The molecular weight excluding hydrogens is 402 g/mol. The van der Waals surface area contributed by atoms with Gasteiger partial charge in [-0.1, -0.05) is 12.1 Å². The molecule has 0 saturated heterocycles. The molecule has 6 heteroatoms. The van der Waals surface area contributed by atoms with Gasteiger partial charge < -0.3 is 4.74 Å². The third kappa shape index (κ3) is 4.64. The first kappa shape index (κ1) is 24.1. The number of methoxy groups -OCH3 is 1. The number of aromatic nitrogens is 3. The first-order valence-corrected chi connectivity index (χ1v) is 11.6. The van der Waals surface area contributed by atoms with Crippen molar-refractivity contribution in [2.75, 3.05) is 7.11 Å². The normalized spacial score (nSPS) is 18.9. The number of carbonyl (C=O) groups excluding carboxylic acids is 2. The van der Waals surface area contributed by atoms with E-state index in [1.807, 2.05) is 11.6 Å². The second-order valence-electron chi connectivity index (χ2n) is 9.74. The van der Waals surface area contributed by atoms with Crippen molar-refractivity contribution in [2.24, 2.45) is 5.92 Å². The lowest BCUT2D eigenvalue weighted by Gasteiger charge is -2.33. The molecule has 1 aromatic heterocycles. The lowest BCUT2D eigenvalue weighted by atomic mass is 9.81. The summed E-state index contributed by atoms with van der Waals surface area (Å²) in [5.74, 6) is 0.157. The summed E-state index contributed by atoms with van der Waals surface area (Å²) in [6.45, 7) is 14.8. The Morgan fingerprint density at radius 3 is 2.06 bits per heavy atom. The van der Waals surface area contributed by atoms with Crippen LogP contribution in [-0.2, 0) is 20.7 Å². The van der Waals surface area contributed by atoms with Crippen LogP contribution in [0.5, 0.6) is 0 Å². The van der Waals surface area contributed by atoms with Crippen molar-refractivity contribution >= 4 is 11.8 Å². The summed E-state index contributed by atoms with van der Waals surface area (Å²) in [6, 6.07) is 0.365. The quantitative estimate of drug-likeness (QED) is 0.544. The average molecular weight is 440 g/mol. The molecule has 0 spiro atoms. The molecule has 3 rings (SSSR count). The maximum atomic E-state index is 13.2. The van der Waals surface area contributed by atoms with E-state index in [1.165, 1.54) is 34.9 Å². The zero-order valence-corrected chi connectivity index (χ0v) is 20.8. The van der Waals surface area contributed by atoms with Crippen LogP contribution in [-0.4, -0.2) is 33.9 Å². The zero-order valence-electron chi connectivity index (χ0n) is 20.8. The molecule has 1 atom stereocenters. The molecule has 0 bridgehead atoms. The number of esters is 1. The topological polar surface area (TPSA) is 74.1 Å². The lowest BCUT2D eigenvalue weighted by molar-refractivity contribution is -0.141. The van der Waals surface area contributed by atoms with E-state index in [0.29, 0.717) is 18.4 Å². The van der Waals surface area contributed by atoms with Crippen LogP contribution in [0, 0.1) is 47.5 Å². The maximum Gasteiger partial charge on any atom is 0.306 e. The van der Waals surface area contributed by atoms with Crippen LogP contribution in [0.2, 0.25) is 0 Å². The van der Waals surface area contributed by atoms with Gasteiger partial charge in [0, 0.05) is 18.8 Å². The Morgan fingerprint density at radius 1 is 0.969 bits per heavy atom. The smallest absolute Gasteiger partial charge is 0.306 e. The van der Waals surface area contributed by atoms with E-state index >= 15 is 0 Å². The summed E-state index contributed by atoms with van der Waals surface area (Å²) in [5, 5.41) is 8.80. The Kier molecular flexibility index (Phi) is 7.21. The monoisotopic (exact) mass is 439 g/mol. The van der Waals surface area contributed by atoms with Crippen molar-refractivity contribution in [3.8, 4) is 0 Å². The first-order chi connectivity index (χ1) is 15.0. The van der Waals surface area contributed by atoms with E-state index in [4.69, 9.17) is 4.74 Å². The van der Waals surface area contributed by atoms with Crippen LogP contribution in [0.15, 0.2) is 0 Å². The minimum atomic E-state index is -0.330. The van der Waals surface area contributed by atoms with E-state index < -0.39 is 0 Å². The Balaban J connectivity index is 1.84. The molecule has 0 N–H and O–H groups in total. The van der Waals surface area contributed by atoms with Crippen LogP contribution >= 0.6 is 0 Å². The minimum Gasteiger partial charge on any atom is -0.469 e. The molecule has 0 radical (unpaired) electrons. The number of ether oxygens (including phenoxy) is 1. The average Bonchev–Trinajstić information content (AvgIpc) is 3.11. The van der Waals surface area contributed by atoms with Crippen LogP contribution in [0.3, 0.4) is 0 Å². The van der Waals surface area contributed by atoms with E-state index in [2.05, 4.69) is 51.9 Å². The van der Waals surface area contributed by atoms with Crippen molar-refractivity contribution in [2.45, 2.75) is 92.5 Å². The number of Topliss-reactive ketones (excluding diaryl/α,β-unsaturated/α-hetero) is 1. The zero-order chi connectivity index (χ0) is 23.7. The molecule has 1 aliphatic carbocycles. The Bertz CT molecular complexity index is 1000. The highest BCUT2D eigenvalue weighted by Gasteiger charge is 2.32. The highest BCUT2D eigenvalue weighted by atomic mass is 16.5. The molecule has 32 heavy (non-hydrogen) atoms. The highest BCUT2D eigenvalue weighted by molar-refractivity contribution is 5.83. The second kappa shape index (κ2) is 9.55. The number of carbonyl (C=O) groups is 2. The van der Waals surface area contributed by atoms with Gasteiger partial charge in [0.05, 0.1) is 31.0 Å². The summed E-state index contributed by atoms with van der Waals surface area (Å²) in [7, 11) is 1.38. The highest BCUT2D eigenvalue weighted by Crippen LogP contribution is 2.38. The van der Waals surface area contributed by atoms with E-state index in [0.717, 1.165) is 29.8 Å². The van der Waals surface area contributed by atoms with Crippen LogP contribution < -0.4 is 0 Å². The number of hydrogen-bond acceptors (Lipinski definition) is 5. The number of benzene rings is 1. The summed E-state index contributed by atoms with van der Waals surface area (Å²) in [5.41, 5.74) is 8.96. The third-order valence-corrected chi connectivity index (χ3v) is 7.69. The summed E-state index contributed by atoms with van der Waals surface area (Å²) in [6.07, 6.45) is 2.93. The maximum absolute atomic E-state index is 13.2. The van der Waals surface area contributed by atoms with Crippen molar-refractivity contribution in [3.05, 3.63) is 44.8 Å². The number of hydrogen-bond donors (Lipinski definition) is 0. The predicted octanol–water partition coefficient (Wildman–Crippen LogP) is 4.95. The molecule has 0 amide bonds. The Labute approximate surface area is 191 Å². The molecule has 0 aliphatic heterocycles. The lowest BCUT2D eigenvalue weighted by Crippen LogP contribution is -2.26. The number of ketones is 1. The van der Waals surface area contributed by atoms with Gasteiger partial charge in [-0.15, -0.1) is 5.10 Å². The minimum absolute atomic E-state index is 0.110. The molecular formula is C26H37N3O3. The van der Waals surface area contributed by atoms with E-state index in [1.54, 1.807) is 0 Å². The standard InChI is InChI=1S/C26H37N3O3/c1-14-9-22(10-14)29-20(7)26(27-28-29)21(12-25(31)32-8)11-23(30)13-24-18(5)16(3)15(2)17(4)19(24)6/h14,21-22H,9-13H2,1-8H3/t14?,21-,22?/m0/s1. The van der Waals surface area contributed by atoms with Gasteiger partial charge in [-0.2, -0.15) is 0 Å².